The van der Waals surface area contributed by atoms with Crippen LogP contribution < -0.4 is 0 Å². The number of alkyl halides is 1. The van der Waals surface area contributed by atoms with Crippen LogP contribution >= 0.6 is 11.8 Å². The molecule has 18 heavy (non-hydrogen) atoms. The van der Waals surface area contributed by atoms with Crippen LogP contribution in [0.4, 0.5) is 4.39 Å². The number of likely N-dealkylation sites (tertiary alicyclic amines) is 1. The van der Waals surface area contributed by atoms with Gasteiger partial charge in [-0.15, -0.1) is 0 Å². The number of hydrogen-bond acceptors (Lipinski definition) is 6. The zero-order valence-corrected chi connectivity index (χ0v) is 10.9. The number of aliphatic hydroxyl groups is 2. The monoisotopic (exact) mass is 276 g/mol. The van der Waals surface area contributed by atoms with E-state index in [1.807, 2.05) is 0 Å². The lowest BCUT2D eigenvalue weighted by Crippen LogP contribution is -2.57. The quantitative estimate of drug-likeness (QED) is 0.704. The van der Waals surface area contributed by atoms with Crippen molar-refractivity contribution in [2.45, 2.75) is 49.3 Å². The lowest BCUT2D eigenvalue weighted by atomic mass is 9.96. The Morgan fingerprint density at radius 2 is 2.17 bits per heavy atom. The van der Waals surface area contributed by atoms with Gasteiger partial charge >= 0.3 is 0 Å². The van der Waals surface area contributed by atoms with Crippen LogP contribution in [0.3, 0.4) is 0 Å². The molecule has 0 aromatic rings. The molecular formula is C11H17FN2O3S. The van der Waals surface area contributed by atoms with Crippen molar-refractivity contribution in [3.8, 4) is 0 Å². The van der Waals surface area contributed by atoms with Crippen molar-refractivity contribution in [2.24, 2.45) is 4.99 Å². The number of halogens is 1. The van der Waals surface area contributed by atoms with Gasteiger partial charge in [0.2, 0.25) is 0 Å². The molecule has 3 aliphatic heterocycles. The maximum Gasteiger partial charge on any atom is 0.162 e. The smallest absolute Gasteiger partial charge is 0.162 e. The number of aliphatic hydroxyl groups excluding tert-OH is 2. The molecule has 0 aromatic carbocycles. The van der Waals surface area contributed by atoms with Gasteiger partial charge in [-0.05, 0) is 13.3 Å². The van der Waals surface area contributed by atoms with E-state index in [9.17, 15) is 14.6 Å². The third-order valence-corrected chi connectivity index (χ3v) is 4.86. The first-order valence-electron chi connectivity index (χ1n) is 6.23. The van der Waals surface area contributed by atoms with E-state index < -0.39 is 30.5 Å². The standard InChI is InChI=1S/C11H17FN2O3S/c1-5(12)9-8(16)7(15)6-10(17-9)18-11(13-6)14-3-2-4-14/h5-10,15-16H,2-4H2,1H3/t5-,6-,7-,8+,9-,10-/m1/s1. The number of fused-ring (bicyclic) bond motifs is 1. The summed E-state index contributed by atoms with van der Waals surface area (Å²) in [4.78, 5) is 6.52. The molecule has 0 spiro atoms. The van der Waals surface area contributed by atoms with Crippen molar-refractivity contribution in [3.05, 3.63) is 0 Å². The van der Waals surface area contributed by atoms with Crippen LogP contribution in [0.1, 0.15) is 13.3 Å². The molecule has 102 valence electrons. The average Bonchev–Trinajstić information content (AvgIpc) is 2.64. The molecule has 0 aliphatic carbocycles. The summed E-state index contributed by atoms with van der Waals surface area (Å²) in [6.07, 6.45) is -3.42. The Hall–Kier alpha value is -0.370. The van der Waals surface area contributed by atoms with Gasteiger partial charge < -0.3 is 19.8 Å². The van der Waals surface area contributed by atoms with Gasteiger partial charge in [-0.2, -0.15) is 0 Å². The first kappa shape index (κ1) is 12.7. The first-order valence-corrected chi connectivity index (χ1v) is 7.11. The lowest BCUT2D eigenvalue weighted by Gasteiger charge is -2.38. The van der Waals surface area contributed by atoms with Crippen molar-refractivity contribution >= 4 is 16.9 Å². The van der Waals surface area contributed by atoms with E-state index in [1.54, 1.807) is 0 Å². The van der Waals surface area contributed by atoms with E-state index in [2.05, 4.69) is 9.89 Å². The van der Waals surface area contributed by atoms with Gasteiger partial charge in [0.15, 0.2) is 5.17 Å². The number of aliphatic imine (C=N–C) groups is 1. The van der Waals surface area contributed by atoms with Gasteiger partial charge in [0.25, 0.3) is 0 Å². The Labute approximate surface area is 109 Å². The molecule has 3 heterocycles. The fourth-order valence-electron chi connectivity index (χ4n) is 2.41. The Bertz CT molecular complexity index is 364. The summed E-state index contributed by atoms with van der Waals surface area (Å²) in [5.74, 6) is 0. The predicted molar refractivity (Wildman–Crippen MR) is 66.2 cm³/mol. The molecule has 2 fully saturated rings. The summed E-state index contributed by atoms with van der Waals surface area (Å²) >= 11 is 1.42. The molecule has 0 aromatic heterocycles. The molecule has 2 saturated heterocycles. The molecule has 0 saturated carbocycles. The number of amidine groups is 1. The van der Waals surface area contributed by atoms with Crippen LogP contribution in [-0.2, 0) is 4.74 Å². The molecule has 0 bridgehead atoms. The predicted octanol–water partition coefficient (Wildman–Crippen LogP) is -0.0318. The second-order valence-corrected chi connectivity index (χ2v) is 6.05. The van der Waals surface area contributed by atoms with Crippen molar-refractivity contribution in [1.29, 1.82) is 0 Å². The number of hydrogen-bond donors (Lipinski definition) is 2. The normalized spacial score (nSPS) is 45.2. The largest absolute Gasteiger partial charge is 0.388 e. The molecule has 0 unspecified atom stereocenters. The first-order chi connectivity index (χ1) is 8.58. The second-order valence-electron chi connectivity index (χ2n) is 4.99. The molecular weight excluding hydrogens is 259 g/mol. The summed E-state index contributed by atoms with van der Waals surface area (Å²) in [6.45, 7) is 3.26. The highest BCUT2D eigenvalue weighted by molar-refractivity contribution is 8.14. The van der Waals surface area contributed by atoms with Crippen LogP contribution in [-0.4, -0.2) is 69.3 Å². The minimum atomic E-state index is -1.32. The highest BCUT2D eigenvalue weighted by Crippen LogP contribution is 2.39. The van der Waals surface area contributed by atoms with E-state index in [0.717, 1.165) is 24.7 Å². The SMILES string of the molecule is C[C@@H](F)[C@H]1O[C@@H]2SC(N3CCC3)=N[C@@H]2[C@@H](O)[C@@H]1O. The maximum absolute atomic E-state index is 13.3. The summed E-state index contributed by atoms with van der Waals surface area (Å²) < 4.78 is 18.9. The molecule has 3 rings (SSSR count). The van der Waals surface area contributed by atoms with Gasteiger partial charge in [0.1, 0.15) is 36.0 Å². The van der Waals surface area contributed by atoms with Gasteiger partial charge in [-0.1, -0.05) is 11.8 Å². The minimum Gasteiger partial charge on any atom is -0.388 e. The zero-order valence-electron chi connectivity index (χ0n) is 10.1. The number of thioether (sulfide) groups is 1. The Kier molecular flexibility index (Phi) is 3.25. The van der Waals surface area contributed by atoms with E-state index in [1.165, 1.54) is 18.7 Å². The van der Waals surface area contributed by atoms with Gasteiger partial charge in [0, 0.05) is 13.1 Å². The topological polar surface area (TPSA) is 65.3 Å². The van der Waals surface area contributed by atoms with E-state index >= 15 is 0 Å². The highest BCUT2D eigenvalue weighted by atomic mass is 32.2. The number of rotatable bonds is 1. The molecule has 6 atom stereocenters. The number of ether oxygens (including phenoxy) is 1. The van der Waals surface area contributed by atoms with Gasteiger partial charge in [-0.3, -0.25) is 4.99 Å². The Balaban J connectivity index is 1.75. The van der Waals surface area contributed by atoms with E-state index in [4.69, 9.17) is 4.74 Å². The van der Waals surface area contributed by atoms with Crippen molar-refractivity contribution < 1.29 is 19.3 Å². The Morgan fingerprint density at radius 3 is 2.72 bits per heavy atom. The Morgan fingerprint density at radius 1 is 1.44 bits per heavy atom. The molecule has 5 nitrogen and oxygen atoms in total. The van der Waals surface area contributed by atoms with Crippen LogP contribution in [0.25, 0.3) is 0 Å². The van der Waals surface area contributed by atoms with Gasteiger partial charge in [-0.25, -0.2) is 4.39 Å². The number of nitrogens with zero attached hydrogens (tertiary/aromatic N) is 2. The van der Waals surface area contributed by atoms with Crippen molar-refractivity contribution in [1.82, 2.24) is 4.90 Å². The van der Waals surface area contributed by atoms with Crippen LogP contribution in [0.2, 0.25) is 0 Å². The fourth-order valence-corrected chi connectivity index (χ4v) is 3.68. The summed E-state index contributed by atoms with van der Waals surface area (Å²) in [5, 5.41) is 20.7. The minimum absolute atomic E-state index is 0.387. The molecule has 7 heteroatoms. The summed E-state index contributed by atoms with van der Waals surface area (Å²) in [5.41, 5.74) is -0.387. The van der Waals surface area contributed by atoms with Gasteiger partial charge in [0.05, 0.1) is 0 Å². The average molecular weight is 276 g/mol. The second kappa shape index (κ2) is 4.63. The molecule has 2 N–H and O–H groups in total. The molecule has 3 aliphatic rings. The van der Waals surface area contributed by atoms with Crippen LogP contribution in [0.15, 0.2) is 4.99 Å². The van der Waals surface area contributed by atoms with Crippen LogP contribution in [0.5, 0.6) is 0 Å². The third kappa shape index (κ3) is 1.93. The highest BCUT2D eigenvalue weighted by Gasteiger charge is 2.50. The third-order valence-electron chi connectivity index (χ3n) is 3.67. The van der Waals surface area contributed by atoms with Crippen molar-refractivity contribution in [3.63, 3.8) is 0 Å². The summed E-state index contributed by atoms with van der Waals surface area (Å²) in [7, 11) is 0. The fraction of sp³-hybridized carbons (Fsp3) is 0.909. The maximum atomic E-state index is 13.3. The van der Waals surface area contributed by atoms with E-state index in [0.29, 0.717) is 0 Å². The summed E-state index contributed by atoms with van der Waals surface area (Å²) in [6, 6.07) is -0.490. The molecule has 0 amide bonds. The van der Waals surface area contributed by atoms with Crippen molar-refractivity contribution in [2.75, 3.05) is 13.1 Å². The van der Waals surface area contributed by atoms with E-state index in [-0.39, 0.29) is 5.44 Å². The molecule has 0 radical (unpaired) electrons. The zero-order chi connectivity index (χ0) is 12.9. The van der Waals surface area contributed by atoms with Crippen LogP contribution in [0, 0.1) is 0 Å². The lowest BCUT2D eigenvalue weighted by molar-refractivity contribution is -0.170.